The molecule has 0 aliphatic carbocycles. The van der Waals surface area contributed by atoms with Gasteiger partial charge in [-0.05, 0) is 11.1 Å². The predicted molar refractivity (Wildman–Crippen MR) is 76.4 cm³/mol. The van der Waals surface area contributed by atoms with Crippen LogP contribution in [0.25, 0.3) is 0 Å². The molecule has 0 spiro atoms. The largest absolute Gasteiger partial charge is 0.394 e. The van der Waals surface area contributed by atoms with Gasteiger partial charge in [0.15, 0.2) is 0 Å². The molecule has 2 aromatic rings. The Kier molecular flexibility index (Phi) is 3.83. The summed E-state index contributed by atoms with van der Waals surface area (Å²) in [6.07, 6.45) is -0.302. The molecule has 1 saturated heterocycles. The quantitative estimate of drug-likeness (QED) is 0.930. The molecule has 20 heavy (non-hydrogen) atoms. The maximum Gasteiger partial charge on any atom is 0.142 e. The molecular formula is C17H18O3. The lowest BCUT2D eigenvalue weighted by Crippen LogP contribution is -2.47. The van der Waals surface area contributed by atoms with Crippen LogP contribution in [0.1, 0.15) is 11.1 Å². The number of benzene rings is 2. The summed E-state index contributed by atoms with van der Waals surface area (Å²) in [5.74, 6) is 0. The molecule has 0 bridgehead atoms. The Morgan fingerprint density at radius 3 is 2.00 bits per heavy atom. The molecule has 0 unspecified atom stereocenters. The fraction of sp³-hybridized carbons (Fsp3) is 0.294. The Morgan fingerprint density at radius 1 is 0.950 bits per heavy atom. The number of ether oxygens (including phenoxy) is 2. The van der Waals surface area contributed by atoms with E-state index in [4.69, 9.17) is 9.47 Å². The first-order valence-electron chi connectivity index (χ1n) is 6.82. The van der Waals surface area contributed by atoms with Crippen molar-refractivity contribution >= 4 is 0 Å². The predicted octanol–water partition coefficient (Wildman–Crippen LogP) is 2.34. The molecule has 3 rings (SSSR count). The maximum atomic E-state index is 9.41. The van der Waals surface area contributed by atoms with Crippen molar-refractivity contribution in [3.8, 4) is 0 Å². The molecule has 2 aromatic carbocycles. The average Bonchev–Trinajstić information content (AvgIpc) is 2.56. The third-order valence-corrected chi connectivity index (χ3v) is 3.66. The first-order chi connectivity index (χ1) is 9.85. The summed E-state index contributed by atoms with van der Waals surface area (Å²) in [6, 6.07) is 20.1. The molecule has 1 aliphatic heterocycles. The Bertz CT molecular complexity index is 499. The molecule has 1 aliphatic rings. The summed E-state index contributed by atoms with van der Waals surface area (Å²) in [5, 5.41) is 9.41. The first-order valence-corrected chi connectivity index (χ1v) is 6.82. The third kappa shape index (κ3) is 2.36. The highest BCUT2D eigenvalue weighted by Gasteiger charge is 2.41. The summed E-state index contributed by atoms with van der Waals surface area (Å²) in [7, 11) is 0. The number of aliphatic hydroxyl groups is 1. The lowest BCUT2D eigenvalue weighted by molar-refractivity contribution is -0.194. The van der Waals surface area contributed by atoms with Gasteiger partial charge in [0.05, 0.1) is 19.8 Å². The average molecular weight is 270 g/mol. The Labute approximate surface area is 118 Å². The topological polar surface area (TPSA) is 38.7 Å². The second-order valence-corrected chi connectivity index (χ2v) is 5.00. The van der Waals surface area contributed by atoms with Gasteiger partial charge in [-0.2, -0.15) is 0 Å². The van der Waals surface area contributed by atoms with Gasteiger partial charge in [-0.15, -0.1) is 0 Å². The molecule has 1 N–H and O–H groups in total. The molecule has 1 heterocycles. The van der Waals surface area contributed by atoms with Gasteiger partial charge in [0, 0.05) is 0 Å². The molecular weight excluding hydrogens is 252 g/mol. The van der Waals surface area contributed by atoms with Gasteiger partial charge in [-0.3, -0.25) is 0 Å². The van der Waals surface area contributed by atoms with Crippen LogP contribution in [0, 0.1) is 0 Å². The van der Waals surface area contributed by atoms with Crippen LogP contribution in [-0.4, -0.2) is 31.0 Å². The summed E-state index contributed by atoms with van der Waals surface area (Å²) < 4.78 is 11.9. The van der Waals surface area contributed by atoms with Gasteiger partial charge >= 0.3 is 0 Å². The highest BCUT2D eigenvalue weighted by molar-refractivity contribution is 5.37. The summed E-state index contributed by atoms with van der Waals surface area (Å²) in [4.78, 5) is 0. The maximum absolute atomic E-state index is 9.41. The SMILES string of the molecule is OC[C@@H]1COCC(c2ccccc2)(c2ccccc2)O1. The molecule has 3 nitrogen and oxygen atoms in total. The minimum absolute atomic E-state index is 0.0403. The van der Waals surface area contributed by atoms with E-state index < -0.39 is 5.60 Å². The molecule has 104 valence electrons. The zero-order chi connectivity index (χ0) is 13.8. The minimum atomic E-state index is -0.645. The first kappa shape index (κ1) is 13.3. The third-order valence-electron chi connectivity index (χ3n) is 3.66. The second kappa shape index (κ2) is 5.75. The van der Waals surface area contributed by atoms with E-state index in [0.717, 1.165) is 11.1 Å². The van der Waals surface area contributed by atoms with Crippen molar-refractivity contribution in [2.24, 2.45) is 0 Å². The van der Waals surface area contributed by atoms with Crippen molar-refractivity contribution in [3.63, 3.8) is 0 Å². The molecule has 0 amide bonds. The van der Waals surface area contributed by atoms with Crippen LogP contribution in [0.5, 0.6) is 0 Å². The summed E-state index contributed by atoms with van der Waals surface area (Å²) in [6.45, 7) is 0.844. The van der Waals surface area contributed by atoms with E-state index in [0.29, 0.717) is 13.2 Å². The van der Waals surface area contributed by atoms with Gasteiger partial charge in [-0.1, -0.05) is 60.7 Å². The molecule has 0 aromatic heterocycles. The zero-order valence-corrected chi connectivity index (χ0v) is 11.2. The normalized spacial score (nSPS) is 21.6. The Balaban J connectivity index is 2.08. The van der Waals surface area contributed by atoms with Crippen molar-refractivity contribution in [1.29, 1.82) is 0 Å². The summed E-state index contributed by atoms with van der Waals surface area (Å²) in [5.41, 5.74) is 1.45. The fourth-order valence-corrected chi connectivity index (χ4v) is 2.66. The zero-order valence-electron chi connectivity index (χ0n) is 11.2. The number of rotatable bonds is 3. The van der Waals surface area contributed by atoms with Crippen molar-refractivity contribution < 1.29 is 14.6 Å². The van der Waals surface area contributed by atoms with Crippen LogP contribution < -0.4 is 0 Å². The van der Waals surface area contributed by atoms with Gasteiger partial charge in [0.1, 0.15) is 11.7 Å². The van der Waals surface area contributed by atoms with Crippen LogP contribution in [0.3, 0.4) is 0 Å². The van der Waals surface area contributed by atoms with E-state index in [1.165, 1.54) is 0 Å². The van der Waals surface area contributed by atoms with Crippen molar-refractivity contribution in [1.82, 2.24) is 0 Å². The van der Waals surface area contributed by atoms with E-state index in [9.17, 15) is 5.11 Å². The lowest BCUT2D eigenvalue weighted by atomic mass is 9.86. The van der Waals surface area contributed by atoms with Crippen molar-refractivity contribution in [2.75, 3.05) is 19.8 Å². The lowest BCUT2D eigenvalue weighted by Gasteiger charge is -2.41. The van der Waals surface area contributed by atoms with Gasteiger partial charge in [0.25, 0.3) is 0 Å². The van der Waals surface area contributed by atoms with Crippen LogP contribution in [0.2, 0.25) is 0 Å². The van der Waals surface area contributed by atoms with E-state index in [2.05, 4.69) is 0 Å². The molecule has 1 fully saturated rings. The molecule has 1 atom stereocenters. The van der Waals surface area contributed by atoms with Crippen molar-refractivity contribution in [2.45, 2.75) is 11.7 Å². The van der Waals surface area contributed by atoms with E-state index >= 15 is 0 Å². The van der Waals surface area contributed by atoms with Gasteiger partial charge < -0.3 is 14.6 Å². The monoisotopic (exact) mass is 270 g/mol. The van der Waals surface area contributed by atoms with Crippen LogP contribution in [0.15, 0.2) is 60.7 Å². The number of hydrogen-bond donors (Lipinski definition) is 1. The number of hydrogen-bond acceptors (Lipinski definition) is 3. The highest BCUT2D eigenvalue weighted by atomic mass is 16.6. The van der Waals surface area contributed by atoms with Gasteiger partial charge in [-0.25, -0.2) is 0 Å². The van der Waals surface area contributed by atoms with E-state index in [1.807, 2.05) is 60.7 Å². The fourth-order valence-electron chi connectivity index (χ4n) is 2.66. The molecule has 0 radical (unpaired) electrons. The second-order valence-electron chi connectivity index (χ2n) is 5.00. The molecule has 0 saturated carbocycles. The number of aliphatic hydroxyl groups excluding tert-OH is 1. The van der Waals surface area contributed by atoms with Crippen LogP contribution in [-0.2, 0) is 15.1 Å². The highest BCUT2D eigenvalue weighted by Crippen LogP contribution is 2.37. The Morgan fingerprint density at radius 2 is 1.50 bits per heavy atom. The summed E-state index contributed by atoms with van der Waals surface area (Å²) >= 11 is 0. The van der Waals surface area contributed by atoms with Crippen LogP contribution >= 0.6 is 0 Å². The van der Waals surface area contributed by atoms with Crippen LogP contribution in [0.4, 0.5) is 0 Å². The minimum Gasteiger partial charge on any atom is -0.394 e. The smallest absolute Gasteiger partial charge is 0.142 e. The van der Waals surface area contributed by atoms with E-state index in [-0.39, 0.29) is 12.7 Å². The van der Waals surface area contributed by atoms with Gasteiger partial charge in [0.2, 0.25) is 0 Å². The molecule has 3 heteroatoms. The van der Waals surface area contributed by atoms with E-state index in [1.54, 1.807) is 0 Å². The standard InChI is InChI=1S/C17H18O3/c18-11-16-12-19-13-17(20-16,14-7-3-1-4-8-14)15-9-5-2-6-10-15/h1-10,16,18H,11-13H2/t16-/m1/s1. The van der Waals surface area contributed by atoms with Crippen molar-refractivity contribution in [3.05, 3.63) is 71.8 Å². The Hall–Kier alpha value is -1.68.